The van der Waals surface area contributed by atoms with Gasteiger partial charge in [-0.05, 0) is 48.5 Å². The number of hydrogen-bond acceptors (Lipinski definition) is 3. The fraction of sp³-hybridized carbons (Fsp3) is 0.0769. The third-order valence-corrected chi connectivity index (χ3v) is 3.44. The molecule has 0 aliphatic carbocycles. The third-order valence-electron chi connectivity index (χ3n) is 2.30. The SMILES string of the molecule is Cc1ccc(-c2cccc(C=NNC(N)=S)c2)s1. The molecule has 0 saturated heterocycles. The van der Waals surface area contributed by atoms with E-state index < -0.39 is 0 Å². The van der Waals surface area contributed by atoms with Gasteiger partial charge < -0.3 is 5.73 Å². The van der Waals surface area contributed by atoms with Crippen LogP contribution in [0.15, 0.2) is 41.5 Å². The van der Waals surface area contributed by atoms with Gasteiger partial charge in [0, 0.05) is 9.75 Å². The van der Waals surface area contributed by atoms with E-state index in [-0.39, 0.29) is 5.11 Å². The van der Waals surface area contributed by atoms with Crippen molar-refractivity contribution in [2.24, 2.45) is 10.8 Å². The van der Waals surface area contributed by atoms with E-state index in [0.29, 0.717) is 0 Å². The highest BCUT2D eigenvalue weighted by Gasteiger charge is 2.00. The molecule has 0 fully saturated rings. The third kappa shape index (κ3) is 3.38. The smallest absolute Gasteiger partial charge is 0.184 e. The Labute approximate surface area is 115 Å². The number of nitrogens with one attached hydrogen (secondary N) is 1. The number of nitrogens with zero attached hydrogens (tertiary/aromatic N) is 1. The normalized spacial score (nSPS) is 10.7. The van der Waals surface area contributed by atoms with Crippen LogP contribution in [-0.2, 0) is 0 Å². The second kappa shape index (κ2) is 5.75. The maximum atomic E-state index is 5.29. The molecule has 3 N–H and O–H groups in total. The van der Waals surface area contributed by atoms with Crippen molar-refractivity contribution in [1.82, 2.24) is 5.43 Å². The highest BCUT2D eigenvalue weighted by atomic mass is 32.1. The van der Waals surface area contributed by atoms with Crippen molar-refractivity contribution in [1.29, 1.82) is 0 Å². The molecule has 1 aromatic heterocycles. The minimum absolute atomic E-state index is 0.163. The quantitative estimate of drug-likeness (QED) is 0.514. The molecule has 1 heterocycles. The van der Waals surface area contributed by atoms with Crippen LogP contribution in [0, 0.1) is 6.92 Å². The van der Waals surface area contributed by atoms with Crippen LogP contribution >= 0.6 is 23.6 Å². The van der Waals surface area contributed by atoms with Crippen molar-refractivity contribution in [2.45, 2.75) is 6.92 Å². The molecule has 0 aliphatic rings. The number of nitrogens with two attached hydrogens (primary N) is 1. The average Bonchev–Trinajstić information content (AvgIpc) is 2.76. The highest BCUT2D eigenvalue weighted by Crippen LogP contribution is 2.27. The number of hydrazone groups is 1. The zero-order valence-electron chi connectivity index (χ0n) is 9.88. The summed E-state index contributed by atoms with van der Waals surface area (Å²) in [6.45, 7) is 2.10. The molecule has 2 aromatic rings. The standard InChI is InChI=1S/C13H13N3S2/c1-9-5-6-12(18-9)11-4-2-3-10(7-11)8-15-16-13(14)17/h2-8H,1H3,(H3,14,16,17). The predicted octanol–water partition coefficient (Wildman–Crippen LogP) is 2.89. The van der Waals surface area contributed by atoms with Crippen molar-refractivity contribution < 1.29 is 0 Å². The van der Waals surface area contributed by atoms with Gasteiger partial charge in [0.2, 0.25) is 0 Å². The topological polar surface area (TPSA) is 50.4 Å². The van der Waals surface area contributed by atoms with Crippen molar-refractivity contribution in [3.05, 3.63) is 46.8 Å². The zero-order valence-corrected chi connectivity index (χ0v) is 11.5. The lowest BCUT2D eigenvalue weighted by molar-refractivity contribution is 1.04. The number of hydrogen-bond donors (Lipinski definition) is 2. The predicted molar refractivity (Wildman–Crippen MR) is 82.0 cm³/mol. The Morgan fingerprint density at radius 3 is 2.89 bits per heavy atom. The second-order valence-electron chi connectivity index (χ2n) is 3.77. The molecule has 0 bridgehead atoms. The van der Waals surface area contributed by atoms with Gasteiger partial charge >= 0.3 is 0 Å². The number of benzene rings is 1. The lowest BCUT2D eigenvalue weighted by Crippen LogP contribution is -2.23. The number of aryl methyl sites for hydroxylation is 1. The Bertz CT molecular complexity index is 587. The van der Waals surface area contributed by atoms with Crippen molar-refractivity contribution in [2.75, 3.05) is 0 Å². The summed E-state index contributed by atoms with van der Waals surface area (Å²) in [5, 5.41) is 4.11. The Balaban J connectivity index is 2.20. The maximum Gasteiger partial charge on any atom is 0.184 e. The monoisotopic (exact) mass is 275 g/mol. The molecule has 0 unspecified atom stereocenters. The van der Waals surface area contributed by atoms with E-state index in [1.165, 1.54) is 15.3 Å². The Morgan fingerprint density at radius 1 is 1.39 bits per heavy atom. The molecule has 1 aromatic carbocycles. The Hall–Kier alpha value is -1.72. The van der Waals surface area contributed by atoms with Gasteiger partial charge in [-0.2, -0.15) is 5.10 Å². The van der Waals surface area contributed by atoms with Crippen molar-refractivity contribution in [3.63, 3.8) is 0 Å². The van der Waals surface area contributed by atoms with Gasteiger partial charge in [0.25, 0.3) is 0 Å². The molecule has 2 rings (SSSR count). The van der Waals surface area contributed by atoms with E-state index in [4.69, 9.17) is 5.73 Å². The van der Waals surface area contributed by atoms with Crippen LogP contribution in [0.25, 0.3) is 10.4 Å². The zero-order chi connectivity index (χ0) is 13.0. The molecule has 0 spiro atoms. The fourth-order valence-electron chi connectivity index (χ4n) is 1.53. The maximum absolute atomic E-state index is 5.29. The summed E-state index contributed by atoms with van der Waals surface area (Å²) in [7, 11) is 0. The minimum Gasteiger partial charge on any atom is -0.375 e. The lowest BCUT2D eigenvalue weighted by Gasteiger charge is -1.99. The van der Waals surface area contributed by atoms with E-state index in [1.54, 1.807) is 17.6 Å². The molecular weight excluding hydrogens is 262 g/mol. The van der Waals surface area contributed by atoms with Gasteiger partial charge in [-0.1, -0.05) is 18.2 Å². The van der Waals surface area contributed by atoms with Crippen LogP contribution in [0.2, 0.25) is 0 Å². The van der Waals surface area contributed by atoms with Crippen molar-refractivity contribution >= 4 is 34.9 Å². The van der Waals surface area contributed by atoms with Gasteiger partial charge in [-0.15, -0.1) is 11.3 Å². The van der Waals surface area contributed by atoms with Gasteiger partial charge in [-0.25, -0.2) is 0 Å². The first kappa shape index (κ1) is 12.7. The van der Waals surface area contributed by atoms with E-state index in [1.807, 2.05) is 12.1 Å². The average molecular weight is 275 g/mol. The largest absolute Gasteiger partial charge is 0.375 e. The van der Waals surface area contributed by atoms with Gasteiger partial charge in [-0.3, -0.25) is 5.43 Å². The van der Waals surface area contributed by atoms with Crippen LogP contribution in [0.4, 0.5) is 0 Å². The first-order valence-electron chi connectivity index (χ1n) is 5.40. The summed E-state index contributed by atoms with van der Waals surface area (Å²) < 4.78 is 0. The van der Waals surface area contributed by atoms with Crippen LogP contribution in [-0.4, -0.2) is 11.3 Å². The molecule has 5 heteroatoms. The van der Waals surface area contributed by atoms with Crippen LogP contribution in [0.1, 0.15) is 10.4 Å². The minimum atomic E-state index is 0.163. The summed E-state index contributed by atoms with van der Waals surface area (Å²) in [6, 6.07) is 12.4. The molecule has 0 saturated carbocycles. The first-order chi connectivity index (χ1) is 8.65. The van der Waals surface area contributed by atoms with Gasteiger partial charge in [0.05, 0.1) is 6.21 Å². The molecule has 18 heavy (non-hydrogen) atoms. The number of thiophene rings is 1. The molecule has 0 amide bonds. The van der Waals surface area contributed by atoms with Gasteiger partial charge in [0.15, 0.2) is 5.11 Å². The second-order valence-corrected chi connectivity index (χ2v) is 5.50. The summed E-state index contributed by atoms with van der Waals surface area (Å²) in [5.41, 5.74) is 10.0. The summed E-state index contributed by atoms with van der Waals surface area (Å²) in [6.07, 6.45) is 1.70. The van der Waals surface area contributed by atoms with Crippen molar-refractivity contribution in [3.8, 4) is 10.4 Å². The van der Waals surface area contributed by atoms with E-state index in [9.17, 15) is 0 Å². The Morgan fingerprint density at radius 2 is 2.22 bits per heavy atom. The molecule has 92 valence electrons. The Kier molecular flexibility index (Phi) is 4.07. The van der Waals surface area contributed by atoms with E-state index in [0.717, 1.165) is 5.56 Å². The molecular formula is C13H13N3S2. The molecule has 0 atom stereocenters. The van der Waals surface area contributed by atoms with E-state index >= 15 is 0 Å². The van der Waals surface area contributed by atoms with Gasteiger partial charge in [0.1, 0.15) is 0 Å². The summed E-state index contributed by atoms with van der Waals surface area (Å²) in [5.74, 6) is 0. The van der Waals surface area contributed by atoms with E-state index in [2.05, 4.69) is 53.9 Å². The van der Waals surface area contributed by atoms with Crippen LogP contribution in [0.5, 0.6) is 0 Å². The fourth-order valence-corrected chi connectivity index (χ4v) is 2.45. The summed E-state index contributed by atoms with van der Waals surface area (Å²) in [4.78, 5) is 2.56. The molecule has 0 aliphatic heterocycles. The molecule has 0 radical (unpaired) electrons. The van der Waals surface area contributed by atoms with Crippen LogP contribution < -0.4 is 11.2 Å². The van der Waals surface area contributed by atoms with Crippen LogP contribution in [0.3, 0.4) is 0 Å². The molecule has 3 nitrogen and oxygen atoms in total. The highest BCUT2D eigenvalue weighted by molar-refractivity contribution is 7.80. The lowest BCUT2D eigenvalue weighted by atomic mass is 10.1. The first-order valence-corrected chi connectivity index (χ1v) is 6.63. The summed E-state index contributed by atoms with van der Waals surface area (Å²) >= 11 is 6.45. The number of rotatable bonds is 3. The number of thiocarbonyl (C=S) groups is 1.